The van der Waals surface area contributed by atoms with Gasteiger partial charge in [-0.2, -0.15) is 0 Å². The van der Waals surface area contributed by atoms with E-state index in [0.717, 1.165) is 27.4 Å². The maximum absolute atomic E-state index is 12.5. The van der Waals surface area contributed by atoms with Crippen molar-refractivity contribution in [1.82, 2.24) is 19.2 Å². The SMILES string of the molecule is CCS(=O)(=O)n1ccc2c(-c3cc(-c4c(C)[nH][nH]c4=O)nc4ccccc34)cccc21. The van der Waals surface area contributed by atoms with Crippen LogP contribution in [0.25, 0.3) is 44.2 Å². The van der Waals surface area contributed by atoms with Gasteiger partial charge in [-0.25, -0.2) is 17.4 Å². The normalized spacial score (nSPS) is 12.1. The van der Waals surface area contributed by atoms with Crippen molar-refractivity contribution >= 4 is 31.8 Å². The minimum atomic E-state index is -3.42. The number of aromatic nitrogens is 4. The number of pyridine rings is 1. The first-order chi connectivity index (χ1) is 14.9. The zero-order valence-electron chi connectivity index (χ0n) is 17.0. The Morgan fingerprint density at radius 2 is 1.77 bits per heavy atom. The van der Waals surface area contributed by atoms with Gasteiger partial charge in [-0.1, -0.05) is 30.3 Å². The van der Waals surface area contributed by atoms with Gasteiger partial charge < -0.3 is 5.10 Å². The molecule has 0 saturated carbocycles. The van der Waals surface area contributed by atoms with Crippen molar-refractivity contribution in [3.63, 3.8) is 0 Å². The van der Waals surface area contributed by atoms with Crippen molar-refractivity contribution in [2.75, 3.05) is 5.75 Å². The minimum Gasteiger partial charge on any atom is -0.302 e. The Hall–Kier alpha value is -3.65. The molecule has 2 aromatic carbocycles. The van der Waals surface area contributed by atoms with Gasteiger partial charge in [0.25, 0.3) is 5.56 Å². The highest BCUT2D eigenvalue weighted by Gasteiger charge is 2.19. The topological polar surface area (TPSA) is 101 Å². The molecule has 0 aliphatic rings. The van der Waals surface area contributed by atoms with Gasteiger partial charge in [0.1, 0.15) is 0 Å². The van der Waals surface area contributed by atoms with E-state index in [9.17, 15) is 13.2 Å². The molecule has 8 heteroatoms. The van der Waals surface area contributed by atoms with Crippen molar-refractivity contribution < 1.29 is 8.42 Å². The summed E-state index contributed by atoms with van der Waals surface area (Å²) < 4.78 is 26.4. The molecule has 0 saturated heterocycles. The summed E-state index contributed by atoms with van der Waals surface area (Å²) in [5.74, 6) is 0.0128. The van der Waals surface area contributed by atoms with E-state index in [1.807, 2.05) is 55.5 Å². The average Bonchev–Trinajstić information content (AvgIpc) is 3.36. The molecule has 0 amide bonds. The number of H-pyrrole nitrogens is 2. The molecule has 156 valence electrons. The zero-order valence-corrected chi connectivity index (χ0v) is 17.8. The molecule has 0 atom stereocenters. The molecule has 7 nitrogen and oxygen atoms in total. The monoisotopic (exact) mass is 432 g/mol. The quantitative estimate of drug-likeness (QED) is 0.447. The summed E-state index contributed by atoms with van der Waals surface area (Å²) in [6.45, 7) is 3.45. The number of aromatic amines is 2. The summed E-state index contributed by atoms with van der Waals surface area (Å²) in [6, 6.07) is 17.1. The van der Waals surface area contributed by atoms with Crippen LogP contribution in [0.2, 0.25) is 0 Å². The molecule has 0 unspecified atom stereocenters. The summed E-state index contributed by atoms with van der Waals surface area (Å²) in [5.41, 5.74) is 4.67. The molecule has 31 heavy (non-hydrogen) atoms. The van der Waals surface area contributed by atoms with Crippen molar-refractivity contribution in [2.24, 2.45) is 0 Å². The fourth-order valence-electron chi connectivity index (χ4n) is 4.04. The smallest absolute Gasteiger partial charge is 0.273 e. The predicted molar refractivity (Wildman–Crippen MR) is 123 cm³/mol. The number of benzene rings is 2. The predicted octanol–water partition coefficient (Wildman–Crippen LogP) is 4.05. The number of nitrogens with zero attached hydrogens (tertiary/aromatic N) is 2. The molecule has 0 bridgehead atoms. The lowest BCUT2D eigenvalue weighted by Crippen LogP contribution is -2.13. The van der Waals surface area contributed by atoms with Gasteiger partial charge in [0, 0.05) is 22.7 Å². The Morgan fingerprint density at radius 1 is 0.968 bits per heavy atom. The lowest BCUT2D eigenvalue weighted by molar-refractivity contribution is 0.590. The van der Waals surface area contributed by atoms with Crippen LogP contribution in [0.3, 0.4) is 0 Å². The van der Waals surface area contributed by atoms with E-state index < -0.39 is 10.0 Å². The van der Waals surface area contributed by atoms with E-state index in [0.29, 0.717) is 22.5 Å². The second kappa shape index (κ2) is 6.95. The average molecular weight is 433 g/mol. The molecule has 2 N–H and O–H groups in total. The number of fused-ring (bicyclic) bond motifs is 2. The van der Waals surface area contributed by atoms with E-state index in [1.54, 1.807) is 19.2 Å². The van der Waals surface area contributed by atoms with Crippen LogP contribution in [0.1, 0.15) is 12.6 Å². The highest BCUT2D eigenvalue weighted by molar-refractivity contribution is 7.90. The van der Waals surface area contributed by atoms with Crippen molar-refractivity contribution in [2.45, 2.75) is 13.8 Å². The molecule has 3 aromatic heterocycles. The number of para-hydroxylation sites is 1. The number of rotatable bonds is 4. The number of aryl methyl sites for hydroxylation is 1. The van der Waals surface area contributed by atoms with Gasteiger partial charge in [0.15, 0.2) is 0 Å². The summed E-state index contributed by atoms with van der Waals surface area (Å²) in [7, 11) is -3.42. The van der Waals surface area contributed by atoms with Crippen LogP contribution in [0.4, 0.5) is 0 Å². The molecule has 5 rings (SSSR count). The third-order valence-corrected chi connectivity index (χ3v) is 7.24. The lowest BCUT2D eigenvalue weighted by Gasteiger charge is -2.12. The maximum atomic E-state index is 12.5. The largest absolute Gasteiger partial charge is 0.302 e. The number of nitrogens with one attached hydrogen (secondary N) is 2. The van der Waals surface area contributed by atoms with Gasteiger partial charge in [0.05, 0.1) is 28.0 Å². The minimum absolute atomic E-state index is 0.0128. The summed E-state index contributed by atoms with van der Waals surface area (Å²) in [6.07, 6.45) is 1.60. The van der Waals surface area contributed by atoms with Crippen molar-refractivity contribution in [3.05, 3.63) is 76.8 Å². The standard InChI is InChI=1S/C23H20N4O3S/c1-3-31(29,30)27-12-11-17-15(8-6-10-21(17)27)18-13-20(22-14(2)25-26-23(22)28)24-19-9-5-4-7-16(18)19/h4-13H,3H2,1-2H3,(H2,25,26,28). The Bertz CT molecular complexity index is 1620. The van der Waals surface area contributed by atoms with E-state index >= 15 is 0 Å². The first kappa shape index (κ1) is 19.3. The zero-order chi connectivity index (χ0) is 21.8. The van der Waals surface area contributed by atoms with Gasteiger partial charge >= 0.3 is 0 Å². The van der Waals surface area contributed by atoms with Gasteiger partial charge in [0.2, 0.25) is 10.0 Å². The Morgan fingerprint density at radius 3 is 2.52 bits per heavy atom. The molecular formula is C23H20N4O3S. The third-order valence-electron chi connectivity index (χ3n) is 5.59. The van der Waals surface area contributed by atoms with E-state index in [-0.39, 0.29) is 11.3 Å². The fraction of sp³-hybridized carbons (Fsp3) is 0.130. The molecule has 0 spiro atoms. The van der Waals surface area contributed by atoms with Crippen LogP contribution in [-0.2, 0) is 10.0 Å². The molecule has 0 radical (unpaired) electrons. The summed E-state index contributed by atoms with van der Waals surface area (Å²) >= 11 is 0. The van der Waals surface area contributed by atoms with Crippen LogP contribution in [-0.4, -0.2) is 33.3 Å². The van der Waals surface area contributed by atoms with E-state index in [2.05, 4.69) is 10.2 Å². The van der Waals surface area contributed by atoms with Crippen LogP contribution >= 0.6 is 0 Å². The van der Waals surface area contributed by atoms with Gasteiger partial charge in [-0.05, 0) is 49.2 Å². The highest BCUT2D eigenvalue weighted by atomic mass is 32.2. The first-order valence-electron chi connectivity index (χ1n) is 9.92. The maximum Gasteiger partial charge on any atom is 0.273 e. The van der Waals surface area contributed by atoms with Gasteiger partial charge in [-0.15, -0.1) is 0 Å². The van der Waals surface area contributed by atoms with Crippen LogP contribution < -0.4 is 5.56 Å². The molecule has 5 aromatic rings. The Kier molecular flexibility index (Phi) is 4.33. The van der Waals surface area contributed by atoms with Crippen molar-refractivity contribution in [1.29, 1.82) is 0 Å². The first-order valence-corrected chi connectivity index (χ1v) is 11.5. The number of hydrogen-bond donors (Lipinski definition) is 2. The van der Waals surface area contributed by atoms with E-state index in [1.165, 1.54) is 3.97 Å². The molecule has 0 aliphatic heterocycles. The summed E-state index contributed by atoms with van der Waals surface area (Å²) in [4.78, 5) is 17.1. The Labute approximate surface area is 178 Å². The second-order valence-electron chi connectivity index (χ2n) is 7.40. The van der Waals surface area contributed by atoms with Crippen LogP contribution in [0.15, 0.2) is 65.6 Å². The highest BCUT2D eigenvalue weighted by Crippen LogP contribution is 2.36. The molecule has 0 aliphatic carbocycles. The molecule has 0 fully saturated rings. The van der Waals surface area contributed by atoms with Crippen LogP contribution in [0.5, 0.6) is 0 Å². The fourth-order valence-corrected chi connectivity index (χ4v) is 5.02. The number of hydrogen-bond acceptors (Lipinski definition) is 4. The second-order valence-corrected chi connectivity index (χ2v) is 9.54. The summed E-state index contributed by atoms with van der Waals surface area (Å²) in [5, 5.41) is 7.21. The Balaban J connectivity index is 1.86. The molecular weight excluding hydrogens is 412 g/mol. The molecule has 3 heterocycles. The van der Waals surface area contributed by atoms with Crippen LogP contribution in [0, 0.1) is 6.92 Å². The van der Waals surface area contributed by atoms with Crippen molar-refractivity contribution in [3.8, 4) is 22.4 Å². The van der Waals surface area contributed by atoms with E-state index in [4.69, 9.17) is 4.98 Å². The van der Waals surface area contributed by atoms with Gasteiger partial charge in [-0.3, -0.25) is 9.89 Å². The lowest BCUT2D eigenvalue weighted by atomic mass is 9.96. The third kappa shape index (κ3) is 2.98.